The molecule has 0 aliphatic heterocycles. The number of thiazole rings is 3. The summed E-state index contributed by atoms with van der Waals surface area (Å²) in [6.45, 7) is 25.7. The van der Waals surface area contributed by atoms with Crippen molar-refractivity contribution in [3.05, 3.63) is 46.7 Å². The van der Waals surface area contributed by atoms with Gasteiger partial charge in [-0.15, -0.1) is 34.0 Å². The molecule has 3 aromatic rings. The lowest BCUT2D eigenvalue weighted by atomic mass is 10.1. The molecule has 0 N–H and O–H groups in total. The van der Waals surface area contributed by atoms with Crippen LogP contribution in [0.25, 0.3) is 0 Å². The van der Waals surface area contributed by atoms with Gasteiger partial charge >= 0.3 is 0 Å². The van der Waals surface area contributed by atoms with Crippen molar-refractivity contribution in [3.8, 4) is 0 Å². The van der Waals surface area contributed by atoms with Crippen LogP contribution >= 0.6 is 34.0 Å². The van der Waals surface area contributed by atoms with E-state index in [0.717, 1.165) is 0 Å². The van der Waals surface area contributed by atoms with E-state index >= 15 is 0 Å². The molecular weight excluding hydrogens is 426 g/mol. The van der Waals surface area contributed by atoms with Crippen LogP contribution < -0.4 is 0 Å². The van der Waals surface area contributed by atoms with E-state index in [4.69, 9.17) is 0 Å². The quantitative estimate of drug-likeness (QED) is 0.388. The Hall–Kier alpha value is -1.11. The first kappa shape index (κ1) is 26.9. The maximum Gasteiger partial charge on any atom is 0.0956 e. The van der Waals surface area contributed by atoms with Crippen LogP contribution in [0.1, 0.15) is 106 Å². The van der Waals surface area contributed by atoms with E-state index in [1.165, 1.54) is 46.7 Å². The molecular formula is C24H39N3S3. The Morgan fingerprint density at radius 2 is 1.10 bits per heavy atom. The van der Waals surface area contributed by atoms with Crippen molar-refractivity contribution >= 4 is 34.0 Å². The second-order valence-corrected chi connectivity index (χ2v) is 12.4. The highest BCUT2D eigenvalue weighted by Gasteiger charge is 2.08. The van der Waals surface area contributed by atoms with E-state index in [1.54, 1.807) is 11.3 Å². The number of hydrogen-bond acceptors (Lipinski definition) is 6. The molecule has 0 aromatic carbocycles. The summed E-state index contributed by atoms with van der Waals surface area (Å²) in [7, 11) is 0. The fourth-order valence-electron chi connectivity index (χ4n) is 2.91. The van der Waals surface area contributed by atoms with Crippen LogP contribution in [0.4, 0.5) is 0 Å². The van der Waals surface area contributed by atoms with Gasteiger partial charge < -0.3 is 0 Å². The third-order valence-corrected chi connectivity index (χ3v) is 8.14. The maximum absolute atomic E-state index is 4.43. The zero-order chi connectivity index (χ0) is 23.2. The average Bonchev–Trinajstić information content (AvgIpc) is 3.26. The summed E-state index contributed by atoms with van der Waals surface area (Å²) >= 11 is 5.41. The molecule has 3 heterocycles. The summed E-state index contributed by atoms with van der Waals surface area (Å²) in [6.07, 6.45) is 0. The van der Waals surface area contributed by atoms with E-state index < -0.39 is 0 Å². The molecule has 0 aliphatic rings. The highest BCUT2D eigenvalue weighted by molar-refractivity contribution is 7.12. The monoisotopic (exact) mass is 465 g/mol. The van der Waals surface area contributed by atoms with Crippen molar-refractivity contribution in [2.24, 2.45) is 0 Å². The van der Waals surface area contributed by atoms with Gasteiger partial charge in [0.1, 0.15) is 0 Å². The largest absolute Gasteiger partial charge is 0.247 e. The number of rotatable bonds is 3. The number of aryl methyl sites for hydroxylation is 6. The van der Waals surface area contributed by atoms with Crippen molar-refractivity contribution < 1.29 is 0 Å². The molecule has 0 saturated heterocycles. The van der Waals surface area contributed by atoms with E-state index in [-0.39, 0.29) is 0 Å². The van der Waals surface area contributed by atoms with Gasteiger partial charge in [-0.3, -0.25) is 0 Å². The summed E-state index contributed by atoms with van der Waals surface area (Å²) in [5, 5.41) is 3.62. The molecule has 0 unspecified atom stereocenters. The zero-order valence-corrected chi connectivity index (χ0v) is 23.2. The SMILES string of the molecule is Cc1nc(C(C)C)c(C)s1.Cc1nc(C(C)C)sc1C.Cc1nc(C)c(C(C)C)s1. The second kappa shape index (κ2) is 12.1. The van der Waals surface area contributed by atoms with Gasteiger partial charge in [-0.25, -0.2) is 15.0 Å². The van der Waals surface area contributed by atoms with Crippen molar-refractivity contribution in [1.82, 2.24) is 15.0 Å². The Morgan fingerprint density at radius 1 is 0.533 bits per heavy atom. The molecule has 0 spiro atoms. The minimum atomic E-state index is 0.574. The van der Waals surface area contributed by atoms with Crippen LogP contribution in [-0.2, 0) is 0 Å². The van der Waals surface area contributed by atoms with Crippen LogP contribution in [0.2, 0.25) is 0 Å². The fourth-order valence-corrected chi connectivity index (χ4v) is 5.74. The Labute approximate surface area is 196 Å². The summed E-state index contributed by atoms with van der Waals surface area (Å²) in [6, 6.07) is 0. The molecule has 30 heavy (non-hydrogen) atoms. The Balaban J connectivity index is 0.000000225. The standard InChI is InChI=1S/3C8H13NS/c1-5(2)8-6(3)10-7(4)9-8;1-5(2)8-6(3)9-7(4)10-8;1-5(2)8-9-6(3)7(4)10-8/h3*5H,1-4H3. The molecule has 0 atom stereocenters. The predicted molar refractivity (Wildman–Crippen MR) is 137 cm³/mol. The zero-order valence-electron chi connectivity index (χ0n) is 20.8. The molecule has 3 rings (SSSR count). The highest BCUT2D eigenvalue weighted by atomic mass is 32.1. The van der Waals surface area contributed by atoms with Crippen LogP contribution in [0.15, 0.2) is 0 Å². The summed E-state index contributed by atoms with van der Waals surface area (Å²) in [4.78, 5) is 17.4. The Bertz CT molecular complexity index is 845. The third kappa shape index (κ3) is 8.20. The first-order chi connectivity index (χ1) is 13.8. The van der Waals surface area contributed by atoms with E-state index in [1.807, 2.05) is 22.7 Å². The van der Waals surface area contributed by atoms with E-state index in [2.05, 4.69) is 98.0 Å². The van der Waals surface area contributed by atoms with Gasteiger partial charge in [0.25, 0.3) is 0 Å². The van der Waals surface area contributed by atoms with Gasteiger partial charge in [0.05, 0.1) is 32.1 Å². The van der Waals surface area contributed by atoms with E-state index in [0.29, 0.717) is 17.8 Å². The number of hydrogen-bond donors (Lipinski definition) is 0. The number of nitrogens with zero attached hydrogens (tertiary/aromatic N) is 3. The van der Waals surface area contributed by atoms with Gasteiger partial charge in [0, 0.05) is 20.5 Å². The van der Waals surface area contributed by atoms with Gasteiger partial charge in [-0.1, -0.05) is 41.5 Å². The molecule has 0 fully saturated rings. The topological polar surface area (TPSA) is 38.7 Å². The first-order valence-corrected chi connectivity index (χ1v) is 13.1. The van der Waals surface area contributed by atoms with Gasteiger partial charge in [-0.2, -0.15) is 0 Å². The lowest BCUT2D eigenvalue weighted by Gasteiger charge is -1.99. The Morgan fingerprint density at radius 3 is 1.30 bits per heavy atom. The second-order valence-electron chi connectivity index (χ2n) is 8.51. The summed E-state index contributed by atoms with van der Waals surface area (Å²) in [5.74, 6) is 1.79. The van der Waals surface area contributed by atoms with Crippen LogP contribution in [0.5, 0.6) is 0 Å². The van der Waals surface area contributed by atoms with Crippen molar-refractivity contribution in [2.45, 2.75) is 101 Å². The Kier molecular flexibility index (Phi) is 10.8. The summed E-state index contributed by atoms with van der Waals surface area (Å²) in [5.41, 5.74) is 3.66. The molecule has 0 radical (unpaired) electrons. The van der Waals surface area contributed by atoms with Crippen LogP contribution in [-0.4, -0.2) is 15.0 Å². The van der Waals surface area contributed by atoms with Crippen molar-refractivity contribution in [1.29, 1.82) is 0 Å². The smallest absolute Gasteiger partial charge is 0.0956 e. The minimum Gasteiger partial charge on any atom is -0.247 e. The predicted octanol–water partition coefficient (Wildman–Crippen LogP) is 8.65. The number of aromatic nitrogens is 3. The fraction of sp³-hybridized carbons (Fsp3) is 0.625. The van der Waals surface area contributed by atoms with Crippen LogP contribution in [0.3, 0.4) is 0 Å². The molecule has 0 bridgehead atoms. The van der Waals surface area contributed by atoms with Gasteiger partial charge in [0.15, 0.2) is 0 Å². The van der Waals surface area contributed by atoms with Crippen molar-refractivity contribution in [3.63, 3.8) is 0 Å². The lowest BCUT2D eigenvalue weighted by Crippen LogP contribution is -1.89. The molecule has 6 heteroatoms. The minimum absolute atomic E-state index is 0.574. The van der Waals surface area contributed by atoms with E-state index in [9.17, 15) is 0 Å². The molecule has 3 aromatic heterocycles. The lowest BCUT2D eigenvalue weighted by molar-refractivity contribution is 0.820. The first-order valence-electron chi connectivity index (χ1n) is 10.6. The summed E-state index contributed by atoms with van der Waals surface area (Å²) < 4.78 is 0. The van der Waals surface area contributed by atoms with Gasteiger partial charge in [0.2, 0.25) is 0 Å². The highest BCUT2D eigenvalue weighted by Crippen LogP contribution is 2.25. The normalized spacial score (nSPS) is 10.9. The maximum atomic E-state index is 4.43. The molecule has 0 amide bonds. The molecule has 3 nitrogen and oxygen atoms in total. The third-order valence-electron chi connectivity index (χ3n) is 4.49. The average molecular weight is 466 g/mol. The molecule has 0 saturated carbocycles. The molecule has 0 aliphatic carbocycles. The molecule has 168 valence electrons. The van der Waals surface area contributed by atoms with Crippen molar-refractivity contribution in [2.75, 3.05) is 0 Å². The van der Waals surface area contributed by atoms with Crippen LogP contribution in [0, 0.1) is 41.5 Å². The van der Waals surface area contributed by atoms with Gasteiger partial charge in [-0.05, 0) is 53.4 Å².